The molecule has 0 saturated carbocycles. The van der Waals surface area contributed by atoms with E-state index in [1.54, 1.807) is 0 Å². The molecule has 1 amide bonds. The van der Waals surface area contributed by atoms with Crippen molar-refractivity contribution in [3.63, 3.8) is 0 Å². The summed E-state index contributed by atoms with van der Waals surface area (Å²) in [6.07, 6.45) is -0.0346. The van der Waals surface area contributed by atoms with Crippen molar-refractivity contribution < 1.29 is 19.4 Å². The summed E-state index contributed by atoms with van der Waals surface area (Å²) in [7, 11) is 1.31. The van der Waals surface area contributed by atoms with Crippen LogP contribution in [0.5, 0.6) is 0 Å². The van der Waals surface area contributed by atoms with Gasteiger partial charge in [0, 0.05) is 24.7 Å². The molecule has 188 valence electrons. The topological polar surface area (TPSA) is 70.1 Å². The van der Waals surface area contributed by atoms with Gasteiger partial charge in [0.2, 0.25) is 0 Å². The van der Waals surface area contributed by atoms with Crippen LogP contribution >= 0.6 is 24.0 Å². The smallest absolute Gasteiger partial charge is 0.411 e. The summed E-state index contributed by atoms with van der Waals surface area (Å²) in [5, 5.41) is 11.3. The van der Waals surface area contributed by atoms with Gasteiger partial charge >= 0.3 is 12.1 Å². The zero-order chi connectivity index (χ0) is 24.6. The summed E-state index contributed by atoms with van der Waals surface area (Å²) >= 11 is 6.01. The minimum atomic E-state index is -1.39. The number of fused-ring (bicyclic) bond motifs is 3. The number of rotatable bonds is 5. The molecular weight excluding hydrogens is 499 g/mol. The van der Waals surface area contributed by atoms with E-state index in [-0.39, 0.29) is 12.4 Å². The summed E-state index contributed by atoms with van der Waals surface area (Å²) in [5.74, 6) is -1.00. The third kappa shape index (κ3) is 4.45. The Morgan fingerprint density at radius 2 is 1.50 bits per heavy atom. The number of amides is 1. The average molecular weight is 527 g/mol. The highest BCUT2D eigenvalue weighted by atomic mass is 35.5. The molecule has 36 heavy (non-hydrogen) atoms. The van der Waals surface area contributed by atoms with Crippen molar-refractivity contribution in [3.8, 4) is 11.1 Å². The predicted octanol–water partition coefficient (Wildman–Crippen LogP) is 6.02. The number of methoxy groups -OCH3 is 1. The van der Waals surface area contributed by atoms with Crippen LogP contribution in [-0.4, -0.2) is 52.7 Å². The highest BCUT2D eigenvalue weighted by molar-refractivity contribution is 6.30. The van der Waals surface area contributed by atoms with E-state index in [9.17, 15) is 14.7 Å². The van der Waals surface area contributed by atoms with Crippen molar-refractivity contribution in [3.05, 3.63) is 94.5 Å². The van der Waals surface area contributed by atoms with E-state index >= 15 is 0 Å². The van der Waals surface area contributed by atoms with Crippen molar-refractivity contribution in [2.24, 2.45) is 0 Å². The lowest BCUT2D eigenvalue weighted by Gasteiger charge is -2.47. The zero-order valence-corrected chi connectivity index (χ0v) is 21.5. The molecule has 2 aliphatic rings. The monoisotopic (exact) mass is 526 g/mol. The molecule has 3 aromatic carbocycles. The first-order valence-corrected chi connectivity index (χ1v) is 12.1. The quantitative estimate of drug-likeness (QED) is 0.440. The van der Waals surface area contributed by atoms with Crippen LogP contribution in [0.3, 0.4) is 0 Å². The standard InChI is InChI=1S/C28H27ClN2O4.ClH/c1-35-27(34)31(25-23-8-4-2-6-21(23)22-7-3-5-9-24(22)25)28(26(32)33)14-16-30(17-15-28)18-19-10-12-20(29)13-11-19;/h2-13,25H,14-18H2,1H3,(H,32,33);1H. The molecule has 6 nitrogen and oxygen atoms in total. The maximum absolute atomic E-state index is 13.3. The Morgan fingerprint density at radius 3 is 2.00 bits per heavy atom. The van der Waals surface area contributed by atoms with E-state index in [0.717, 1.165) is 27.8 Å². The fourth-order valence-electron chi connectivity index (χ4n) is 5.52. The van der Waals surface area contributed by atoms with E-state index < -0.39 is 23.6 Å². The van der Waals surface area contributed by atoms with Gasteiger partial charge in [-0.3, -0.25) is 9.80 Å². The van der Waals surface area contributed by atoms with Gasteiger partial charge in [-0.15, -0.1) is 12.4 Å². The van der Waals surface area contributed by atoms with Crippen LogP contribution in [0.15, 0.2) is 72.8 Å². The number of carboxylic acids is 1. The minimum Gasteiger partial charge on any atom is -0.479 e. The molecular formula is C28H28Cl2N2O4. The molecule has 1 heterocycles. The van der Waals surface area contributed by atoms with Gasteiger partial charge in [0.25, 0.3) is 0 Å². The third-order valence-corrected chi connectivity index (χ3v) is 7.54. The Labute approximate surface area is 221 Å². The average Bonchev–Trinajstić information content (AvgIpc) is 3.20. The fourth-order valence-corrected chi connectivity index (χ4v) is 5.65. The van der Waals surface area contributed by atoms with Crippen molar-refractivity contribution in [1.82, 2.24) is 9.80 Å². The minimum absolute atomic E-state index is 0. The number of piperidine rings is 1. The molecule has 1 saturated heterocycles. The van der Waals surface area contributed by atoms with E-state index in [2.05, 4.69) is 4.90 Å². The normalized spacial score (nSPS) is 16.4. The van der Waals surface area contributed by atoms with Gasteiger partial charge in [0.05, 0.1) is 13.2 Å². The number of carboxylic acid groups (broad SMARTS) is 1. The van der Waals surface area contributed by atoms with E-state index in [1.165, 1.54) is 12.0 Å². The number of nitrogens with zero attached hydrogens (tertiary/aromatic N) is 2. The van der Waals surface area contributed by atoms with E-state index in [0.29, 0.717) is 37.5 Å². The van der Waals surface area contributed by atoms with Gasteiger partial charge in [0.15, 0.2) is 0 Å². The van der Waals surface area contributed by atoms with E-state index in [4.69, 9.17) is 16.3 Å². The molecule has 1 N–H and O–H groups in total. The molecule has 0 radical (unpaired) electrons. The number of halogens is 2. The summed E-state index contributed by atoms with van der Waals surface area (Å²) in [5.41, 5.74) is 3.59. The van der Waals surface area contributed by atoms with Gasteiger partial charge in [0.1, 0.15) is 5.54 Å². The number of benzene rings is 3. The molecule has 0 atom stereocenters. The van der Waals surface area contributed by atoms with Crippen molar-refractivity contribution in [2.75, 3.05) is 20.2 Å². The van der Waals surface area contributed by atoms with Crippen LogP contribution in [0.25, 0.3) is 11.1 Å². The summed E-state index contributed by atoms with van der Waals surface area (Å²) < 4.78 is 5.21. The lowest BCUT2D eigenvalue weighted by Crippen LogP contribution is -2.62. The molecule has 0 aromatic heterocycles. The Hall–Kier alpha value is -3.06. The highest BCUT2D eigenvalue weighted by Crippen LogP contribution is 2.50. The number of ether oxygens (including phenoxy) is 1. The number of hydrogen-bond acceptors (Lipinski definition) is 4. The third-order valence-electron chi connectivity index (χ3n) is 7.29. The van der Waals surface area contributed by atoms with E-state index in [1.807, 2.05) is 72.8 Å². The number of aliphatic carboxylic acids is 1. The van der Waals surface area contributed by atoms with Crippen LogP contribution < -0.4 is 0 Å². The molecule has 5 rings (SSSR count). The van der Waals surface area contributed by atoms with Gasteiger partial charge in [-0.05, 0) is 52.8 Å². The first-order valence-electron chi connectivity index (χ1n) is 11.7. The van der Waals surface area contributed by atoms with Gasteiger partial charge in [-0.1, -0.05) is 72.3 Å². The van der Waals surface area contributed by atoms with Crippen molar-refractivity contribution >= 4 is 36.1 Å². The summed E-state index contributed by atoms with van der Waals surface area (Å²) in [6.45, 7) is 1.77. The van der Waals surface area contributed by atoms with Gasteiger partial charge < -0.3 is 9.84 Å². The maximum atomic E-state index is 13.3. The van der Waals surface area contributed by atoms with Gasteiger partial charge in [-0.25, -0.2) is 9.59 Å². The van der Waals surface area contributed by atoms with Crippen LogP contribution in [0.1, 0.15) is 35.6 Å². The second-order valence-corrected chi connectivity index (χ2v) is 9.59. The lowest BCUT2D eigenvalue weighted by atomic mass is 9.83. The number of carbonyl (C=O) groups is 2. The number of carbonyl (C=O) groups excluding carboxylic acids is 1. The Bertz CT molecular complexity index is 1210. The molecule has 1 fully saturated rings. The first-order chi connectivity index (χ1) is 16.9. The van der Waals surface area contributed by atoms with Crippen LogP contribution in [0.4, 0.5) is 4.79 Å². The van der Waals surface area contributed by atoms with Gasteiger partial charge in [-0.2, -0.15) is 0 Å². The van der Waals surface area contributed by atoms with Crippen molar-refractivity contribution in [1.29, 1.82) is 0 Å². The molecule has 0 bridgehead atoms. The van der Waals surface area contributed by atoms with Crippen LogP contribution in [-0.2, 0) is 16.1 Å². The first kappa shape index (κ1) is 26.0. The SMILES string of the molecule is COC(=O)N(C1c2ccccc2-c2ccccc21)C1(C(=O)O)CCN(Cc2ccc(Cl)cc2)CC1.Cl. The van der Waals surface area contributed by atoms with Crippen LogP contribution in [0.2, 0.25) is 5.02 Å². The number of likely N-dealkylation sites (tertiary alicyclic amines) is 1. The largest absolute Gasteiger partial charge is 0.479 e. The Balaban J connectivity index is 0.00000304. The second-order valence-electron chi connectivity index (χ2n) is 9.16. The van der Waals surface area contributed by atoms with Crippen LogP contribution in [0, 0.1) is 0 Å². The summed E-state index contributed by atoms with van der Waals surface area (Å²) in [6, 6.07) is 22.9. The lowest BCUT2D eigenvalue weighted by molar-refractivity contribution is -0.155. The molecule has 1 aliphatic carbocycles. The summed E-state index contributed by atoms with van der Waals surface area (Å²) in [4.78, 5) is 30.0. The maximum Gasteiger partial charge on any atom is 0.411 e. The Morgan fingerprint density at radius 1 is 0.972 bits per heavy atom. The second kappa shape index (κ2) is 10.5. The highest BCUT2D eigenvalue weighted by Gasteiger charge is 2.54. The molecule has 1 aliphatic heterocycles. The Kier molecular flexibility index (Phi) is 7.59. The molecule has 0 unspecified atom stereocenters. The molecule has 3 aromatic rings. The van der Waals surface area contributed by atoms with Crippen molar-refractivity contribution in [2.45, 2.75) is 31.0 Å². The number of hydrogen-bond donors (Lipinski definition) is 1. The molecule has 0 spiro atoms. The fraction of sp³-hybridized carbons (Fsp3) is 0.286. The molecule has 8 heteroatoms. The zero-order valence-electron chi connectivity index (χ0n) is 19.9. The predicted molar refractivity (Wildman–Crippen MR) is 142 cm³/mol.